The molecule has 1 unspecified atom stereocenters. The second-order valence-electron chi connectivity index (χ2n) is 4.46. The monoisotopic (exact) mass is 249 g/mol. The summed E-state index contributed by atoms with van der Waals surface area (Å²) < 4.78 is 5.63. The third kappa shape index (κ3) is 2.82. The second kappa shape index (κ2) is 5.87. The number of carboxylic acids is 1. The van der Waals surface area contributed by atoms with Gasteiger partial charge in [0.15, 0.2) is 0 Å². The quantitative estimate of drug-likeness (QED) is 0.870. The minimum Gasteiger partial charge on any atom is -0.493 e. The zero-order chi connectivity index (χ0) is 13.0. The molecule has 0 amide bonds. The van der Waals surface area contributed by atoms with Gasteiger partial charge < -0.3 is 9.84 Å². The van der Waals surface area contributed by atoms with Crippen LogP contribution in [0.15, 0.2) is 24.3 Å². The van der Waals surface area contributed by atoms with Crippen LogP contribution in [0.1, 0.15) is 31.4 Å². The molecule has 0 spiro atoms. The number of hydrogen-bond donors (Lipinski definition) is 1. The molecular formula is C14H19NO3. The molecule has 0 radical (unpaired) electrons. The van der Waals surface area contributed by atoms with E-state index in [4.69, 9.17) is 9.84 Å². The maximum atomic E-state index is 10.7. The molecule has 98 valence electrons. The number of aliphatic carboxylic acids is 1. The summed E-state index contributed by atoms with van der Waals surface area (Å²) in [5.41, 5.74) is 1.18. The average Bonchev–Trinajstić information content (AvgIpc) is 2.39. The van der Waals surface area contributed by atoms with Gasteiger partial charge in [-0.15, -0.1) is 0 Å². The third-order valence-corrected chi connectivity index (χ3v) is 3.39. The molecule has 0 fully saturated rings. The van der Waals surface area contributed by atoms with Crippen molar-refractivity contribution >= 4 is 5.97 Å². The van der Waals surface area contributed by atoms with E-state index in [1.54, 1.807) is 0 Å². The van der Waals surface area contributed by atoms with Crippen LogP contribution in [0.25, 0.3) is 0 Å². The summed E-state index contributed by atoms with van der Waals surface area (Å²) >= 11 is 0. The number of benzene rings is 1. The lowest BCUT2D eigenvalue weighted by Gasteiger charge is -2.34. The van der Waals surface area contributed by atoms with Crippen LogP contribution >= 0.6 is 0 Å². The van der Waals surface area contributed by atoms with Crippen LogP contribution in [0, 0.1) is 0 Å². The van der Waals surface area contributed by atoms with Crippen molar-refractivity contribution in [2.24, 2.45) is 0 Å². The second-order valence-corrected chi connectivity index (χ2v) is 4.46. The third-order valence-electron chi connectivity index (χ3n) is 3.39. The summed E-state index contributed by atoms with van der Waals surface area (Å²) in [6, 6.07) is 8.30. The standard InChI is InChI=1S/C14H19NO3/c1-2-15(9-7-14(16)17)12-8-10-18-13-6-4-3-5-11(12)13/h3-6,12H,2,7-10H2,1H3,(H,16,17). The molecule has 0 aromatic heterocycles. The molecule has 0 saturated heterocycles. The molecule has 0 bridgehead atoms. The Morgan fingerprint density at radius 3 is 3.00 bits per heavy atom. The fourth-order valence-electron chi connectivity index (χ4n) is 2.48. The Labute approximate surface area is 107 Å². The molecule has 0 aliphatic carbocycles. The summed E-state index contributed by atoms with van der Waals surface area (Å²) in [6.07, 6.45) is 1.11. The van der Waals surface area contributed by atoms with Gasteiger partial charge in [0.25, 0.3) is 0 Å². The lowest BCUT2D eigenvalue weighted by Crippen LogP contribution is -2.34. The zero-order valence-corrected chi connectivity index (χ0v) is 10.6. The van der Waals surface area contributed by atoms with E-state index < -0.39 is 5.97 Å². The van der Waals surface area contributed by atoms with Crippen LogP contribution in [-0.4, -0.2) is 35.7 Å². The number of ether oxygens (including phenoxy) is 1. The van der Waals surface area contributed by atoms with Crippen molar-refractivity contribution in [2.75, 3.05) is 19.7 Å². The molecule has 1 N–H and O–H groups in total. The van der Waals surface area contributed by atoms with Crippen LogP contribution in [0.2, 0.25) is 0 Å². The highest BCUT2D eigenvalue weighted by Crippen LogP contribution is 2.35. The molecule has 4 heteroatoms. The summed E-state index contributed by atoms with van der Waals surface area (Å²) in [5.74, 6) is 0.191. The van der Waals surface area contributed by atoms with Crippen molar-refractivity contribution < 1.29 is 14.6 Å². The molecule has 0 saturated carbocycles. The largest absolute Gasteiger partial charge is 0.493 e. The van der Waals surface area contributed by atoms with E-state index >= 15 is 0 Å². The van der Waals surface area contributed by atoms with E-state index in [-0.39, 0.29) is 12.5 Å². The topological polar surface area (TPSA) is 49.8 Å². The first-order valence-electron chi connectivity index (χ1n) is 6.40. The Morgan fingerprint density at radius 2 is 2.28 bits per heavy atom. The van der Waals surface area contributed by atoms with Crippen molar-refractivity contribution in [3.63, 3.8) is 0 Å². The average molecular weight is 249 g/mol. The smallest absolute Gasteiger partial charge is 0.304 e. The van der Waals surface area contributed by atoms with Gasteiger partial charge in [0.05, 0.1) is 13.0 Å². The number of para-hydroxylation sites is 1. The molecule has 1 aliphatic heterocycles. The van der Waals surface area contributed by atoms with Crippen molar-refractivity contribution in [1.29, 1.82) is 0 Å². The predicted molar refractivity (Wildman–Crippen MR) is 68.8 cm³/mol. The van der Waals surface area contributed by atoms with Gasteiger partial charge in [-0.2, -0.15) is 0 Å². The summed E-state index contributed by atoms with van der Waals surface area (Å²) in [4.78, 5) is 12.9. The van der Waals surface area contributed by atoms with Gasteiger partial charge in [-0.3, -0.25) is 9.69 Å². The first kappa shape index (κ1) is 12.9. The Hall–Kier alpha value is -1.55. The molecule has 2 rings (SSSR count). The van der Waals surface area contributed by atoms with Crippen LogP contribution in [0.3, 0.4) is 0 Å². The van der Waals surface area contributed by atoms with Gasteiger partial charge in [0.2, 0.25) is 0 Å². The number of hydrogen-bond acceptors (Lipinski definition) is 3. The van der Waals surface area contributed by atoms with Gasteiger partial charge in [-0.25, -0.2) is 0 Å². The van der Waals surface area contributed by atoms with Gasteiger partial charge in [0, 0.05) is 24.6 Å². The molecule has 4 nitrogen and oxygen atoms in total. The predicted octanol–water partition coefficient (Wildman–Crippen LogP) is 2.31. The first-order chi connectivity index (χ1) is 8.72. The first-order valence-corrected chi connectivity index (χ1v) is 6.40. The number of fused-ring (bicyclic) bond motifs is 1. The minimum absolute atomic E-state index is 0.188. The van der Waals surface area contributed by atoms with Crippen LogP contribution in [0.4, 0.5) is 0 Å². The molecule has 1 heterocycles. The lowest BCUT2D eigenvalue weighted by molar-refractivity contribution is -0.137. The van der Waals surface area contributed by atoms with Gasteiger partial charge >= 0.3 is 5.97 Å². The van der Waals surface area contributed by atoms with Crippen molar-refractivity contribution in [2.45, 2.75) is 25.8 Å². The molecule has 1 aromatic carbocycles. The fraction of sp³-hybridized carbons (Fsp3) is 0.500. The number of rotatable bonds is 5. The zero-order valence-electron chi connectivity index (χ0n) is 10.6. The van der Waals surface area contributed by atoms with Crippen molar-refractivity contribution in [3.05, 3.63) is 29.8 Å². The lowest BCUT2D eigenvalue weighted by atomic mass is 9.98. The van der Waals surface area contributed by atoms with Crippen molar-refractivity contribution in [3.8, 4) is 5.75 Å². The Kier molecular flexibility index (Phi) is 4.20. The minimum atomic E-state index is -0.742. The maximum absolute atomic E-state index is 10.7. The van der Waals surface area contributed by atoms with E-state index in [0.29, 0.717) is 13.2 Å². The summed E-state index contributed by atoms with van der Waals surface area (Å²) in [5, 5.41) is 8.80. The SMILES string of the molecule is CCN(CCC(=O)O)C1CCOc2ccccc21. The van der Waals surface area contributed by atoms with E-state index in [1.807, 2.05) is 18.2 Å². The molecule has 1 atom stereocenters. The highest BCUT2D eigenvalue weighted by Gasteiger charge is 2.25. The summed E-state index contributed by atoms with van der Waals surface area (Å²) in [6.45, 7) is 4.21. The Balaban J connectivity index is 2.14. The fourth-order valence-corrected chi connectivity index (χ4v) is 2.48. The number of carbonyl (C=O) groups is 1. The van der Waals surface area contributed by atoms with Crippen molar-refractivity contribution in [1.82, 2.24) is 4.90 Å². The molecule has 18 heavy (non-hydrogen) atoms. The van der Waals surface area contributed by atoms with E-state index in [1.165, 1.54) is 5.56 Å². The van der Waals surface area contributed by atoms with Gasteiger partial charge in [0.1, 0.15) is 5.75 Å². The highest BCUT2D eigenvalue weighted by molar-refractivity contribution is 5.66. The van der Waals surface area contributed by atoms with Crippen LogP contribution in [0.5, 0.6) is 5.75 Å². The molecular weight excluding hydrogens is 230 g/mol. The normalized spacial score (nSPS) is 18.2. The molecule has 1 aliphatic rings. The van der Waals surface area contributed by atoms with Gasteiger partial charge in [-0.1, -0.05) is 25.1 Å². The Morgan fingerprint density at radius 1 is 1.50 bits per heavy atom. The van der Waals surface area contributed by atoms with Gasteiger partial charge in [-0.05, 0) is 12.6 Å². The van der Waals surface area contributed by atoms with E-state index in [0.717, 1.165) is 18.7 Å². The molecule has 1 aromatic rings. The summed E-state index contributed by atoms with van der Waals surface area (Å²) in [7, 11) is 0. The number of carboxylic acid groups (broad SMARTS) is 1. The number of nitrogens with zero attached hydrogens (tertiary/aromatic N) is 1. The highest BCUT2D eigenvalue weighted by atomic mass is 16.5. The Bertz CT molecular complexity index is 419. The maximum Gasteiger partial charge on any atom is 0.304 e. The van der Waals surface area contributed by atoms with E-state index in [2.05, 4.69) is 17.9 Å². The van der Waals surface area contributed by atoms with Crippen LogP contribution in [-0.2, 0) is 4.79 Å². The van der Waals surface area contributed by atoms with E-state index in [9.17, 15) is 4.79 Å². The van der Waals surface area contributed by atoms with Crippen LogP contribution < -0.4 is 4.74 Å².